The maximum atomic E-state index is 2.41. The van der Waals surface area contributed by atoms with E-state index in [1.165, 1.54) is 61.4 Å². The lowest BCUT2D eigenvalue weighted by atomic mass is 9.84. The fourth-order valence-electron chi connectivity index (χ4n) is 7.17. The van der Waals surface area contributed by atoms with E-state index in [0.717, 1.165) is 22.7 Å². The average Bonchev–Trinajstić information content (AvgIpc) is 3.08. The highest BCUT2D eigenvalue weighted by molar-refractivity contribution is 5.84. The first-order valence-electron chi connectivity index (χ1n) is 18.3. The summed E-state index contributed by atoms with van der Waals surface area (Å²) in [6.45, 7) is 24.8. The lowest BCUT2D eigenvalue weighted by molar-refractivity contribution is 0.589. The number of aryl methyl sites for hydroxylation is 5. The SMILES string of the molecule is Cc1ccc(N(c2ccc(-c3ccc(N(c4ccccc4)c4c(C)cc(C(C)(C)C)cc4C)cc3)cc2)c2c(C)cc(C(C)(C)C)cc2C)cc1. The van der Waals surface area contributed by atoms with E-state index in [-0.39, 0.29) is 10.8 Å². The van der Waals surface area contributed by atoms with Gasteiger partial charge in [0, 0.05) is 22.7 Å². The molecule has 51 heavy (non-hydrogen) atoms. The van der Waals surface area contributed by atoms with E-state index in [9.17, 15) is 0 Å². The Balaban J connectivity index is 1.37. The minimum atomic E-state index is 0.0899. The Hall–Kier alpha value is -5.08. The van der Waals surface area contributed by atoms with Crippen molar-refractivity contribution in [1.82, 2.24) is 0 Å². The van der Waals surface area contributed by atoms with Crippen LogP contribution < -0.4 is 9.80 Å². The van der Waals surface area contributed by atoms with Crippen LogP contribution in [0.3, 0.4) is 0 Å². The van der Waals surface area contributed by atoms with Gasteiger partial charge in [-0.15, -0.1) is 0 Å². The first-order valence-corrected chi connectivity index (χ1v) is 18.3. The van der Waals surface area contributed by atoms with Crippen molar-refractivity contribution >= 4 is 34.1 Å². The number of rotatable bonds is 7. The Bertz CT molecular complexity index is 2080. The molecule has 0 saturated heterocycles. The predicted molar refractivity (Wildman–Crippen MR) is 222 cm³/mol. The van der Waals surface area contributed by atoms with Gasteiger partial charge in [-0.05, 0) is 138 Å². The molecule has 0 radical (unpaired) electrons. The standard InChI is InChI=1S/C49H54N2/c1-33-17-23-43(24-18-33)51(47-36(4)31-41(32-37(47)5)49(9,10)11)45-27-21-39(22-28-45)38-19-25-44(26-20-38)50(42-15-13-12-14-16-42)46-34(2)29-40(30-35(46)3)48(6,7)8/h12-32H,1-11H3. The fourth-order valence-corrected chi connectivity index (χ4v) is 7.17. The molecule has 0 fully saturated rings. The Morgan fingerprint density at radius 2 is 0.647 bits per heavy atom. The number of para-hydroxylation sites is 1. The van der Waals surface area contributed by atoms with Crippen LogP contribution in [0, 0.1) is 34.6 Å². The van der Waals surface area contributed by atoms with Crippen molar-refractivity contribution in [2.75, 3.05) is 9.80 Å². The summed E-state index contributed by atoms with van der Waals surface area (Å²) >= 11 is 0. The number of hydrogen-bond acceptors (Lipinski definition) is 2. The molecule has 0 N–H and O–H groups in total. The van der Waals surface area contributed by atoms with Crippen LogP contribution in [0.5, 0.6) is 0 Å². The Labute approximate surface area is 307 Å². The van der Waals surface area contributed by atoms with Crippen molar-refractivity contribution < 1.29 is 0 Å². The summed E-state index contributed by atoms with van der Waals surface area (Å²) in [6.07, 6.45) is 0. The fraction of sp³-hybridized carbons (Fsp3) is 0.265. The van der Waals surface area contributed by atoms with Gasteiger partial charge in [0.15, 0.2) is 0 Å². The van der Waals surface area contributed by atoms with Crippen molar-refractivity contribution in [2.24, 2.45) is 0 Å². The van der Waals surface area contributed by atoms with Crippen molar-refractivity contribution in [3.8, 4) is 11.1 Å². The van der Waals surface area contributed by atoms with Gasteiger partial charge >= 0.3 is 0 Å². The molecule has 0 atom stereocenters. The summed E-state index contributed by atoms with van der Waals surface area (Å²) in [7, 11) is 0. The van der Waals surface area contributed by atoms with E-state index < -0.39 is 0 Å². The largest absolute Gasteiger partial charge is 0.310 e. The summed E-state index contributed by atoms with van der Waals surface area (Å²) in [4.78, 5) is 4.82. The summed E-state index contributed by atoms with van der Waals surface area (Å²) in [6, 6.07) is 47.1. The molecule has 0 amide bonds. The van der Waals surface area contributed by atoms with Gasteiger partial charge in [-0.2, -0.15) is 0 Å². The highest BCUT2D eigenvalue weighted by atomic mass is 15.2. The van der Waals surface area contributed by atoms with Gasteiger partial charge in [0.2, 0.25) is 0 Å². The molecule has 2 heteroatoms. The Kier molecular flexibility index (Phi) is 9.75. The minimum Gasteiger partial charge on any atom is -0.310 e. The second-order valence-electron chi connectivity index (χ2n) is 16.4. The summed E-state index contributed by atoms with van der Waals surface area (Å²) in [5.41, 5.74) is 18.8. The average molecular weight is 671 g/mol. The summed E-state index contributed by atoms with van der Waals surface area (Å²) in [5.74, 6) is 0. The third kappa shape index (κ3) is 7.52. The molecule has 0 bridgehead atoms. The van der Waals surface area contributed by atoms with Gasteiger partial charge in [-0.1, -0.05) is 126 Å². The van der Waals surface area contributed by atoms with Gasteiger partial charge in [0.05, 0.1) is 11.4 Å². The Morgan fingerprint density at radius 1 is 0.353 bits per heavy atom. The second-order valence-corrected chi connectivity index (χ2v) is 16.4. The van der Waals surface area contributed by atoms with E-state index in [1.807, 2.05) is 0 Å². The van der Waals surface area contributed by atoms with Crippen LogP contribution >= 0.6 is 0 Å². The quantitative estimate of drug-likeness (QED) is 0.167. The van der Waals surface area contributed by atoms with Crippen LogP contribution in [-0.2, 0) is 10.8 Å². The smallest absolute Gasteiger partial charge is 0.0520 e. The Morgan fingerprint density at radius 3 is 0.961 bits per heavy atom. The first-order chi connectivity index (χ1) is 24.1. The summed E-state index contributed by atoms with van der Waals surface area (Å²) in [5, 5.41) is 0. The van der Waals surface area contributed by atoms with Crippen molar-refractivity contribution in [3.63, 3.8) is 0 Å². The topological polar surface area (TPSA) is 6.48 Å². The van der Waals surface area contributed by atoms with Crippen LogP contribution in [0.2, 0.25) is 0 Å². The summed E-state index contributed by atoms with van der Waals surface area (Å²) < 4.78 is 0. The molecule has 2 nitrogen and oxygen atoms in total. The molecule has 6 aromatic carbocycles. The lowest BCUT2D eigenvalue weighted by Gasteiger charge is -2.31. The monoisotopic (exact) mass is 670 g/mol. The first kappa shape index (κ1) is 35.7. The molecular weight excluding hydrogens is 617 g/mol. The molecule has 6 aromatic rings. The molecule has 0 aromatic heterocycles. The molecule has 6 rings (SSSR count). The molecule has 0 saturated carbocycles. The van der Waals surface area contributed by atoms with E-state index in [2.05, 4.69) is 213 Å². The highest BCUT2D eigenvalue weighted by Gasteiger charge is 2.23. The number of anilines is 6. The van der Waals surface area contributed by atoms with Gasteiger partial charge in [-0.3, -0.25) is 0 Å². The zero-order valence-corrected chi connectivity index (χ0v) is 32.5. The zero-order valence-electron chi connectivity index (χ0n) is 32.5. The normalized spacial score (nSPS) is 11.8. The molecule has 0 aliphatic rings. The molecule has 0 spiro atoms. The lowest BCUT2D eigenvalue weighted by Crippen LogP contribution is -2.16. The molecule has 0 unspecified atom stereocenters. The van der Waals surface area contributed by atoms with E-state index in [4.69, 9.17) is 0 Å². The van der Waals surface area contributed by atoms with E-state index >= 15 is 0 Å². The number of nitrogens with zero attached hydrogens (tertiary/aromatic N) is 2. The number of hydrogen-bond donors (Lipinski definition) is 0. The highest BCUT2D eigenvalue weighted by Crippen LogP contribution is 2.43. The van der Waals surface area contributed by atoms with Gasteiger partial charge in [-0.25, -0.2) is 0 Å². The number of benzene rings is 6. The van der Waals surface area contributed by atoms with Gasteiger partial charge in [0.25, 0.3) is 0 Å². The van der Waals surface area contributed by atoms with Crippen molar-refractivity contribution in [2.45, 2.75) is 87.0 Å². The van der Waals surface area contributed by atoms with Crippen LogP contribution in [0.15, 0.2) is 127 Å². The third-order valence-electron chi connectivity index (χ3n) is 10.1. The van der Waals surface area contributed by atoms with Gasteiger partial charge < -0.3 is 9.80 Å². The third-order valence-corrected chi connectivity index (χ3v) is 10.1. The van der Waals surface area contributed by atoms with E-state index in [0.29, 0.717) is 0 Å². The minimum absolute atomic E-state index is 0.0899. The predicted octanol–water partition coefficient (Wildman–Crippen LogP) is 14.4. The maximum Gasteiger partial charge on any atom is 0.0520 e. The zero-order chi connectivity index (χ0) is 36.7. The molecule has 0 aliphatic carbocycles. The van der Waals surface area contributed by atoms with Crippen molar-refractivity contribution in [3.05, 3.63) is 166 Å². The van der Waals surface area contributed by atoms with Crippen LogP contribution in [0.25, 0.3) is 11.1 Å². The van der Waals surface area contributed by atoms with Gasteiger partial charge in [0.1, 0.15) is 0 Å². The molecule has 260 valence electrons. The molecular formula is C49H54N2. The second kappa shape index (κ2) is 13.9. The van der Waals surface area contributed by atoms with Crippen LogP contribution in [0.1, 0.15) is 80.5 Å². The molecule has 0 heterocycles. The maximum absolute atomic E-state index is 2.41. The molecule has 0 aliphatic heterocycles. The van der Waals surface area contributed by atoms with E-state index in [1.54, 1.807) is 0 Å². The van der Waals surface area contributed by atoms with Crippen molar-refractivity contribution in [1.29, 1.82) is 0 Å². The van der Waals surface area contributed by atoms with Crippen LogP contribution in [0.4, 0.5) is 34.1 Å². The van der Waals surface area contributed by atoms with Crippen LogP contribution in [-0.4, -0.2) is 0 Å².